The molecule has 164 valence electrons. The van der Waals surface area contributed by atoms with Crippen molar-refractivity contribution in [3.05, 3.63) is 93.2 Å². The molecule has 2 aromatic carbocycles. The Labute approximate surface area is 185 Å². The molecule has 0 spiro atoms. The van der Waals surface area contributed by atoms with Crippen molar-refractivity contribution >= 4 is 16.9 Å². The number of benzene rings is 2. The van der Waals surface area contributed by atoms with E-state index in [1.165, 1.54) is 6.07 Å². The first-order valence-electron chi connectivity index (χ1n) is 10.5. The molecule has 0 radical (unpaired) electrons. The summed E-state index contributed by atoms with van der Waals surface area (Å²) in [5.41, 5.74) is 4.14. The van der Waals surface area contributed by atoms with Crippen molar-refractivity contribution in [3.8, 4) is 5.69 Å². The lowest BCUT2D eigenvalue weighted by molar-refractivity contribution is -0.121. The number of amides is 1. The number of nitrogens with zero attached hydrogens (tertiary/aromatic N) is 3. The SMILES string of the molecule is Cc1nn(-c2ccccc2)c2c1c(C)c(CCC(=O)NCc1ccccc1F)c(=O)n2C. The Kier molecular flexibility index (Phi) is 5.90. The van der Waals surface area contributed by atoms with Gasteiger partial charge in [0, 0.05) is 36.5 Å². The van der Waals surface area contributed by atoms with Crippen LogP contribution in [0.4, 0.5) is 4.39 Å². The average molecular weight is 432 g/mol. The standard InChI is InChI=1S/C25H25FN4O2/c1-16-20(13-14-22(31)27-15-18-9-7-8-12-21(18)26)25(32)29(3)24-23(16)17(2)28-30(24)19-10-5-4-6-11-19/h4-12H,13-15H2,1-3H3,(H,27,31). The molecule has 1 N–H and O–H groups in total. The molecule has 0 saturated heterocycles. The summed E-state index contributed by atoms with van der Waals surface area (Å²) in [6.45, 7) is 3.94. The summed E-state index contributed by atoms with van der Waals surface area (Å²) in [5, 5.41) is 8.32. The van der Waals surface area contributed by atoms with Crippen LogP contribution in [-0.4, -0.2) is 20.3 Å². The number of hydrogen-bond acceptors (Lipinski definition) is 3. The molecule has 0 fully saturated rings. The van der Waals surface area contributed by atoms with Crippen LogP contribution in [0.25, 0.3) is 16.7 Å². The van der Waals surface area contributed by atoms with E-state index in [2.05, 4.69) is 10.4 Å². The quantitative estimate of drug-likeness (QED) is 0.505. The van der Waals surface area contributed by atoms with Gasteiger partial charge in [-0.15, -0.1) is 0 Å². The summed E-state index contributed by atoms with van der Waals surface area (Å²) in [7, 11) is 1.73. The molecule has 4 aromatic rings. The van der Waals surface area contributed by atoms with Gasteiger partial charge in [0.05, 0.1) is 11.4 Å². The number of nitrogens with one attached hydrogen (secondary N) is 1. The summed E-state index contributed by atoms with van der Waals surface area (Å²) in [5.74, 6) is -0.583. The van der Waals surface area contributed by atoms with Crippen molar-refractivity contribution in [2.75, 3.05) is 0 Å². The molecule has 7 heteroatoms. The third-order valence-electron chi connectivity index (χ3n) is 5.78. The van der Waals surface area contributed by atoms with E-state index >= 15 is 0 Å². The van der Waals surface area contributed by atoms with Crippen molar-refractivity contribution in [1.29, 1.82) is 0 Å². The lowest BCUT2D eigenvalue weighted by atomic mass is 10.0. The third-order valence-corrected chi connectivity index (χ3v) is 5.78. The molecule has 6 nitrogen and oxygen atoms in total. The summed E-state index contributed by atoms with van der Waals surface area (Å²) >= 11 is 0. The predicted octanol–water partition coefficient (Wildman–Crippen LogP) is 3.73. The van der Waals surface area contributed by atoms with E-state index in [0.717, 1.165) is 28.0 Å². The maximum Gasteiger partial charge on any atom is 0.255 e. The van der Waals surface area contributed by atoms with Gasteiger partial charge in [-0.05, 0) is 44.0 Å². The van der Waals surface area contributed by atoms with Gasteiger partial charge in [0.15, 0.2) is 0 Å². The van der Waals surface area contributed by atoms with Gasteiger partial charge in [0.25, 0.3) is 5.56 Å². The predicted molar refractivity (Wildman–Crippen MR) is 122 cm³/mol. The van der Waals surface area contributed by atoms with Gasteiger partial charge in [-0.2, -0.15) is 5.10 Å². The molecule has 2 aromatic heterocycles. The molecule has 32 heavy (non-hydrogen) atoms. The Morgan fingerprint density at radius 2 is 1.75 bits per heavy atom. The fraction of sp³-hybridized carbons (Fsp3) is 0.240. The lowest BCUT2D eigenvalue weighted by Gasteiger charge is -2.13. The van der Waals surface area contributed by atoms with Crippen LogP contribution in [-0.2, 0) is 24.8 Å². The zero-order valence-electron chi connectivity index (χ0n) is 18.4. The number of fused-ring (bicyclic) bond motifs is 1. The van der Waals surface area contributed by atoms with Crippen LogP contribution in [0.2, 0.25) is 0 Å². The second-order valence-electron chi connectivity index (χ2n) is 7.87. The van der Waals surface area contributed by atoms with Gasteiger partial charge in [0.1, 0.15) is 11.5 Å². The molecule has 4 rings (SSSR count). The van der Waals surface area contributed by atoms with Crippen LogP contribution in [0.1, 0.15) is 28.8 Å². The van der Waals surface area contributed by atoms with Crippen LogP contribution >= 0.6 is 0 Å². The van der Waals surface area contributed by atoms with Crippen molar-refractivity contribution in [3.63, 3.8) is 0 Å². The van der Waals surface area contributed by atoms with Gasteiger partial charge >= 0.3 is 0 Å². The second-order valence-corrected chi connectivity index (χ2v) is 7.87. The molecule has 1 amide bonds. The topological polar surface area (TPSA) is 68.9 Å². The Hall–Kier alpha value is -3.74. The number of aromatic nitrogens is 3. The minimum Gasteiger partial charge on any atom is -0.352 e. The molecular weight excluding hydrogens is 407 g/mol. The Morgan fingerprint density at radius 3 is 2.47 bits per heavy atom. The number of carbonyl (C=O) groups is 1. The fourth-order valence-electron chi connectivity index (χ4n) is 4.08. The zero-order valence-corrected chi connectivity index (χ0v) is 18.4. The van der Waals surface area contributed by atoms with Gasteiger partial charge < -0.3 is 5.32 Å². The number of para-hydroxylation sites is 1. The van der Waals surface area contributed by atoms with E-state index in [-0.39, 0.29) is 30.2 Å². The highest BCUT2D eigenvalue weighted by Gasteiger charge is 2.20. The van der Waals surface area contributed by atoms with Crippen LogP contribution in [0.15, 0.2) is 59.4 Å². The first-order valence-corrected chi connectivity index (χ1v) is 10.5. The van der Waals surface area contributed by atoms with E-state index in [1.807, 2.05) is 44.2 Å². The Morgan fingerprint density at radius 1 is 1.06 bits per heavy atom. The second kappa shape index (κ2) is 8.78. The minimum atomic E-state index is -0.353. The highest BCUT2D eigenvalue weighted by molar-refractivity contribution is 5.85. The van der Waals surface area contributed by atoms with E-state index in [4.69, 9.17) is 0 Å². The molecular formula is C25H25FN4O2. The van der Waals surface area contributed by atoms with Gasteiger partial charge in [-0.3, -0.25) is 14.2 Å². The fourth-order valence-corrected chi connectivity index (χ4v) is 4.08. The first-order chi connectivity index (χ1) is 15.4. The van der Waals surface area contributed by atoms with Crippen LogP contribution in [0, 0.1) is 19.7 Å². The molecule has 2 heterocycles. The van der Waals surface area contributed by atoms with Gasteiger partial charge in [-0.1, -0.05) is 36.4 Å². The smallest absolute Gasteiger partial charge is 0.255 e. The van der Waals surface area contributed by atoms with E-state index in [0.29, 0.717) is 17.5 Å². The van der Waals surface area contributed by atoms with Gasteiger partial charge in [0.2, 0.25) is 5.91 Å². The maximum absolute atomic E-state index is 13.7. The molecule has 0 unspecified atom stereocenters. The number of pyridine rings is 1. The number of halogens is 1. The van der Waals surface area contributed by atoms with E-state index in [9.17, 15) is 14.0 Å². The normalized spacial score (nSPS) is 11.1. The first kappa shape index (κ1) is 21.5. The highest BCUT2D eigenvalue weighted by atomic mass is 19.1. The largest absolute Gasteiger partial charge is 0.352 e. The highest BCUT2D eigenvalue weighted by Crippen LogP contribution is 2.25. The number of aryl methyl sites for hydroxylation is 3. The maximum atomic E-state index is 13.7. The third kappa shape index (κ3) is 3.93. The average Bonchev–Trinajstić information content (AvgIpc) is 3.15. The number of carbonyl (C=O) groups excluding carboxylic acids is 1. The van der Waals surface area contributed by atoms with Crippen LogP contribution in [0.3, 0.4) is 0 Å². The van der Waals surface area contributed by atoms with Crippen LogP contribution < -0.4 is 10.9 Å². The van der Waals surface area contributed by atoms with E-state index in [1.54, 1.807) is 34.5 Å². The molecule has 0 aliphatic carbocycles. The molecule has 0 aliphatic rings. The summed E-state index contributed by atoms with van der Waals surface area (Å²) in [6.07, 6.45) is 0.440. The molecule has 0 bridgehead atoms. The Bertz CT molecular complexity index is 1360. The molecule has 0 atom stereocenters. The Balaban J connectivity index is 1.60. The lowest BCUT2D eigenvalue weighted by Crippen LogP contribution is -2.27. The van der Waals surface area contributed by atoms with Crippen molar-refractivity contribution in [1.82, 2.24) is 19.7 Å². The minimum absolute atomic E-state index is 0.116. The number of hydrogen-bond donors (Lipinski definition) is 1. The van der Waals surface area contributed by atoms with Crippen molar-refractivity contribution in [2.24, 2.45) is 7.05 Å². The summed E-state index contributed by atoms with van der Waals surface area (Å²) in [6, 6.07) is 16.0. The summed E-state index contributed by atoms with van der Waals surface area (Å²) < 4.78 is 17.1. The summed E-state index contributed by atoms with van der Waals surface area (Å²) in [4.78, 5) is 25.5. The van der Waals surface area contributed by atoms with Crippen molar-refractivity contribution in [2.45, 2.75) is 33.2 Å². The molecule has 0 aliphatic heterocycles. The monoisotopic (exact) mass is 432 g/mol. The van der Waals surface area contributed by atoms with Crippen LogP contribution in [0.5, 0.6) is 0 Å². The van der Waals surface area contributed by atoms with E-state index < -0.39 is 0 Å². The van der Waals surface area contributed by atoms with Gasteiger partial charge in [-0.25, -0.2) is 9.07 Å². The number of rotatable bonds is 6. The van der Waals surface area contributed by atoms with Crippen molar-refractivity contribution < 1.29 is 9.18 Å². The molecule has 0 saturated carbocycles. The zero-order chi connectivity index (χ0) is 22.8.